The van der Waals surface area contributed by atoms with Crippen molar-refractivity contribution < 1.29 is 14.3 Å². The van der Waals surface area contributed by atoms with Crippen molar-refractivity contribution in [2.45, 2.75) is 38.6 Å². The fourth-order valence-corrected chi connectivity index (χ4v) is 3.67. The number of hydrogen-bond donors (Lipinski definition) is 0. The van der Waals surface area contributed by atoms with Crippen LogP contribution in [0.5, 0.6) is 0 Å². The fraction of sp³-hybridized carbons (Fsp3) is 0.444. The number of amides is 1. The van der Waals surface area contributed by atoms with Crippen molar-refractivity contribution in [3.63, 3.8) is 0 Å². The lowest BCUT2D eigenvalue weighted by Gasteiger charge is -2.41. The Kier molecular flexibility index (Phi) is 4.87. The summed E-state index contributed by atoms with van der Waals surface area (Å²) in [5, 5.41) is 0. The van der Waals surface area contributed by atoms with Crippen molar-refractivity contribution in [3.8, 4) is 12.8 Å². The lowest BCUT2D eigenvalue weighted by atomic mass is 9.77. The van der Waals surface area contributed by atoms with Crippen LogP contribution in [-0.4, -0.2) is 29.4 Å². The van der Waals surface area contributed by atoms with Crippen LogP contribution in [0.1, 0.15) is 32.6 Å². The zero-order chi connectivity index (χ0) is 16.3. The monoisotopic (exact) mass is 299 g/mol. The molecule has 0 aromatic carbocycles. The minimum Gasteiger partial charge on any atom is -0.457 e. The number of fused-ring (bicyclic) bond motifs is 3. The second-order valence-electron chi connectivity index (χ2n) is 5.48. The maximum absolute atomic E-state index is 12.2. The van der Waals surface area contributed by atoms with E-state index in [9.17, 15) is 9.59 Å². The summed E-state index contributed by atoms with van der Waals surface area (Å²) in [5.74, 6) is -0.0957. The maximum atomic E-state index is 12.2. The Hall–Kier alpha value is -2.28. The van der Waals surface area contributed by atoms with E-state index in [-0.39, 0.29) is 24.5 Å². The lowest BCUT2D eigenvalue weighted by molar-refractivity contribution is -0.145. The van der Waals surface area contributed by atoms with Gasteiger partial charge in [-0.05, 0) is 31.8 Å². The summed E-state index contributed by atoms with van der Waals surface area (Å²) in [7, 11) is 0. The fourth-order valence-electron chi connectivity index (χ4n) is 3.67. The van der Waals surface area contributed by atoms with Crippen molar-refractivity contribution in [2.24, 2.45) is 5.92 Å². The normalized spacial score (nSPS) is 27.3. The molecule has 4 nitrogen and oxygen atoms in total. The van der Waals surface area contributed by atoms with E-state index in [4.69, 9.17) is 4.74 Å². The number of nitrogens with zero attached hydrogens (tertiary/aromatic N) is 1. The van der Waals surface area contributed by atoms with E-state index in [0.29, 0.717) is 11.6 Å². The Morgan fingerprint density at radius 2 is 2.18 bits per heavy atom. The molecule has 22 heavy (non-hydrogen) atoms. The molecule has 1 unspecified atom stereocenters. The molecule has 1 aliphatic carbocycles. The van der Waals surface area contributed by atoms with Gasteiger partial charge in [0.25, 0.3) is 5.91 Å². The minimum absolute atomic E-state index is 0.0371. The van der Waals surface area contributed by atoms with Gasteiger partial charge in [-0.15, -0.1) is 12.8 Å². The number of rotatable bonds is 3. The van der Waals surface area contributed by atoms with Gasteiger partial charge in [0.2, 0.25) is 0 Å². The Labute approximate surface area is 131 Å². The van der Waals surface area contributed by atoms with Gasteiger partial charge in [-0.3, -0.25) is 9.69 Å². The molecule has 2 atom stereocenters. The van der Waals surface area contributed by atoms with Crippen LogP contribution >= 0.6 is 0 Å². The second-order valence-corrected chi connectivity index (χ2v) is 5.48. The molecule has 116 valence electrons. The first-order valence-electron chi connectivity index (χ1n) is 7.54. The van der Waals surface area contributed by atoms with Crippen molar-refractivity contribution in [1.29, 1.82) is 0 Å². The number of hydrogen-bond acceptors (Lipinski definition) is 3. The highest BCUT2D eigenvalue weighted by Crippen LogP contribution is 2.51. The molecule has 1 saturated heterocycles. The van der Waals surface area contributed by atoms with E-state index in [1.165, 1.54) is 6.42 Å². The van der Waals surface area contributed by atoms with Crippen LogP contribution in [0, 0.1) is 18.8 Å². The molecule has 0 bridgehead atoms. The zero-order valence-corrected chi connectivity index (χ0v) is 12.9. The highest BCUT2D eigenvalue weighted by Gasteiger charge is 2.56. The highest BCUT2D eigenvalue weighted by atomic mass is 16.5. The quantitative estimate of drug-likeness (QED) is 0.264. The molecule has 3 rings (SSSR count). The van der Waals surface area contributed by atoms with Crippen molar-refractivity contribution >= 4 is 11.9 Å². The summed E-state index contributed by atoms with van der Waals surface area (Å²) in [6.07, 6.45) is 15.6. The standard InChI is InChI=1S/C16H19NO3.C2H2/c1-3-9-20-16(19)14-12-8-6-5-7-11(12)13-10(4-2)15(18)17(13)14;1-2/h3-4,11,13H,1,5-9H2,2H3;1-2H/b10-4+;/t11-,13?;/m0./s1. The summed E-state index contributed by atoms with van der Waals surface area (Å²) in [6.45, 7) is 5.62. The van der Waals surface area contributed by atoms with E-state index in [2.05, 4.69) is 19.4 Å². The number of terminal acetylenes is 1. The molecule has 0 aromatic rings. The number of ether oxygens (including phenoxy) is 1. The molecule has 0 spiro atoms. The molecule has 3 aliphatic rings. The second kappa shape index (κ2) is 6.65. The average Bonchev–Trinajstić information content (AvgIpc) is 2.86. The van der Waals surface area contributed by atoms with Crippen molar-refractivity contribution in [3.05, 3.63) is 35.6 Å². The number of esters is 1. The topological polar surface area (TPSA) is 46.6 Å². The molecular formula is C18H21NO3. The van der Waals surface area contributed by atoms with Crippen LogP contribution in [0.15, 0.2) is 35.6 Å². The van der Waals surface area contributed by atoms with Crippen LogP contribution in [0.3, 0.4) is 0 Å². The molecule has 2 aliphatic heterocycles. The van der Waals surface area contributed by atoms with Crippen LogP contribution in [0.2, 0.25) is 0 Å². The molecule has 0 aromatic heterocycles. The summed E-state index contributed by atoms with van der Waals surface area (Å²) < 4.78 is 5.17. The van der Waals surface area contributed by atoms with Crippen LogP contribution in [-0.2, 0) is 14.3 Å². The Morgan fingerprint density at radius 1 is 1.45 bits per heavy atom. The largest absolute Gasteiger partial charge is 0.457 e. The predicted octanol–water partition coefficient (Wildman–Crippen LogP) is 2.58. The third kappa shape index (κ3) is 2.27. The van der Waals surface area contributed by atoms with Gasteiger partial charge in [-0.1, -0.05) is 25.2 Å². The number of allylic oxidation sites excluding steroid dienone is 1. The first-order valence-corrected chi connectivity index (χ1v) is 7.54. The van der Waals surface area contributed by atoms with Crippen LogP contribution in [0.25, 0.3) is 0 Å². The summed E-state index contributed by atoms with van der Waals surface area (Å²) >= 11 is 0. The summed E-state index contributed by atoms with van der Waals surface area (Å²) in [6, 6.07) is 0.0779. The SMILES string of the molecule is C#C.C=CCOC(=O)C1=C2CCCC[C@@H]2C2/C(=C\C)C(=O)N12. The van der Waals surface area contributed by atoms with E-state index < -0.39 is 0 Å². The molecule has 1 amide bonds. The van der Waals surface area contributed by atoms with E-state index >= 15 is 0 Å². The number of carbonyl (C=O) groups excluding carboxylic acids is 2. The first-order chi connectivity index (χ1) is 10.7. The van der Waals surface area contributed by atoms with E-state index in [0.717, 1.165) is 30.4 Å². The maximum Gasteiger partial charge on any atom is 0.355 e. The van der Waals surface area contributed by atoms with Gasteiger partial charge in [-0.25, -0.2) is 4.79 Å². The molecule has 2 heterocycles. The molecular weight excluding hydrogens is 278 g/mol. The smallest absolute Gasteiger partial charge is 0.355 e. The van der Waals surface area contributed by atoms with Gasteiger partial charge in [0.15, 0.2) is 0 Å². The number of carbonyl (C=O) groups is 2. The molecule has 2 fully saturated rings. The minimum atomic E-state index is -0.377. The summed E-state index contributed by atoms with van der Waals surface area (Å²) in [5.41, 5.74) is 2.48. The Balaban J connectivity index is 0.000000847. The van der Waals surface area contributed by atoms with Crippen molar-refractivity contribution in [1.82, 2.24) is 4.90 Å². The average molecular weight is 299 g/mol. The van der Waals surface area contributed by atoms with Gasteiger partial charge in [0.1, 0.15) is 12.3 Å². The Bertz CT molecular complexity index is 582. The van der Waals surface area contributed by atoms with E-state index in [1.807, 2.05) is 13.0 Å². The van der Waals surface area contributed by atoms with Gasteiger partial charge in [-0.2, -0.15) is 0 Å². The summed E-state index contributed by atoms with van der Waals surface area (Å²) in [4.78, 5) is 26.1. The predicted molar refractivity (Wildman–Crippen MR) is 84.4 cm³/mol. The lowest BCUT2D eigenvalue weighted by Crippen LogP contribution is -2.55. The van der Waals surface area contributed by atoms with Crippen molar-refractivity contribution in [2.75, 3.05) is 6.61 Å². The van der Waals surface area contributed by atoms with E-state index in [1.54, 1.807) is 11.0 Å². The van der Waals surface area contributed by atoms with Gasteiger partial charge in [0, 0.05) is 11.5 Å². The Morgan fingerprint density at radius 3 is 2.82 bits per heavy atom. The molecule has 0 radical (unpaired) electrons. The van der Waals surface area contributed by atoms with Crippen LogP contribution in [0.4, 0.5) is 0 Å². The molecule has 0 N–H and O–H groups in total. The molecule has 4 heteroatoms. The molecule has 1 saturated carbocycles. The number of β-lactam (4-membered cyclic amide) rings is 1. The zero-order valence-electron chi connectivity index (χ0n) is 12.9. The third-order valence-electron chi connectivity index (χ3n) is 4.48. The van der Waals surface area contributed by atoms with Gasteiger partial charge < -0.3 is 4.74 Å². The van der Waals surface area contributed by atoms with Gasteiger partial charge in [0.05, 0.1) is 6.04 Å². The first kappa shape index (κ1) is 16.1. The van der Waals surface area contributed by atoms with Gasteiger partial charge >= 0.3 is 5.97 Å². The third-order valence-corrected chi connectivity index (χ3v) is 4.48. The highest BCUT2D eigenvalue weighted by molar-refractivity contribution is 6.09. The van der Waals surface area contributed by atoms with Crippen LogP contribution < -0.4 is 0 Å².